The number of carboxylic acid groups (broad SMARTS) is 1. The maximum atomic E-state index is 10.5. The summed E-state index contributed by atoms with van der Waals surface area (Å²) in [6, 6.07) is 15.4. The molecule has 1 aromatic carbocycles. The summed E-state index contributed by atoms with van der Waals surface area (Å²) in [4.78, 5) is 11.2. The highest BCUT2D eigenvalue weighted by molar-refractivity contribution is 5.85. The Labute approximate surface area is 164 Å². The summed E-state index contributed by atoms with van der Waals surface area (Å²) in [5, 5.41) is 11.2. The second-order valence-corrected chi connectivity index (χ2v) is 7.16. The fourth-order valence-corrected chi connectivity index (χ4v) is 3.29. The van der Waals surface area contributed by atoms with E-state index >= 15 is 0 Å². The van der Waals surface area contributed by atoms with Crippen molar-refractivity contribution in [2.75, 3.05) is 31.1 Å². The number of carboxylic acids is 1. The lowest BCUT2D eigenvalue weighted by atomic mass is 10.1. The van der Waals surface area contributed by atoms with Gasteiger partial charge in [0.15, 0.2) is 0 Å². The van der Waals surface area contributed by atoms with Crippen molar-refractivity contribution in [1.82, 2.24) is 4.58 Å². The lowest BCUT2D eigenvalue weighted by molar-refractivity contribution is -0.344. The highest BCUT2D eigenvalue weighted by Gasteiger charge is 2.28. The normalized spacial score (nSPS) is 16.1. The monoisotopic (exact) mass is 404 g/mol. The van der Waals surface area contributed by atoms with Gasteiger partial charge in [-0.3, -0.25) is 0 Å². The molecule has 1 aliphatic carbocycles. The van der Waals surface area contributed by atoms with Gasteiger partial charge < -0.3 is 19.2 Å². The van der Waals surface area contributed by atoms with Crippen LogP contribution in [0, 0.1) is 0 Å². The van der Waals surface area contributed by atoms with Crippen LogP contribution in [0.25, 0.3) is 22.3 Å². The average Bonchev–Trinajstić information content (AvgIpc) is 2.56. The number of carbonyl (C=O) groups excluding carboxylic acids is 1. The molecule has 2 fully saturated rings. The van der Waals surface area contributed by atoms with Crippen molar-refractivity contribution < 1.29 is 27.5 Å². The molecule has 3 heterocycles. The summed E-state index contributed by atoms with van der Waals surface area (Å²) in [6.45, 7) is 4.66. The summed E-state index contributed by atoms with van der Waals surface area (Å²) >= 11 is 0. The quantitative estimate of drug-likeness (QED) is 0.461. The minimum Gasteiger partial charge on any atom is -0.542 e. The van der Waals surface area contributed by atoms with Crippen molar-refractivity contribution in [3.63, 3.8) is 0 Å². The molecule has 0 saturated carbocycles. The first-order chi connectivity index (χ1) is 13.8. The van der Waals surface area contributed by atoms with Crippen LogP contribution >= 0.6 is 0 Å². The number of carbonyl (C=O) groups is 1. The van der Waals surface area contributed by atoms with Crippen LogP contribution in [0.2, 0.25) is 0 Å². The highest BCUT2D eigenvalue weighted by atomic mass is 19.4. The summed E-state index contributed by atoms with van der Waals surface area (Å²) in [5.41, 5.74) is 3.44. The predicted octanol–water partition coefficient (Wildman–Crippen LogP) is 2.22. The van der Waals surface area contributed by atoms with Gasteiger partial charge in [-0.1, -0.05) is 0 Å². The molecule has 5 nitrogen and oxygen atoms in total. The number of nitrogens with zero attached hydrogens (tertiary/aromatic N) is 2. The zero-order valence-electron chi connectivity index (χ0n) is 15.5. The van der Waals surface area contributed by atoms with E-state index in [0.717, 1.165) is 37.5 Å². The third-order valence-electron chi connectivity index (χ3n) is 5.20. The first kappa shape index (κ1) is 19.3. The van der Waals surface area contributed by atoms with Gasteiger partial charge in [-0.05, 0) is 30.7 Å². The van der Waals surface area contributed by atoms with E-state index in [9.17, 15) is 13.2 Å². The maximum absolute atomic E-state index is 10.5. The Kier molecular flexibility index (Phi) is 4.94. The molecule has 0 N–H and O–H groups in total. The molecule has 0 unspecified atom stereocenters. The maximum Gasteiger partial charge on any atom is 0.430 e. The number of aliphatic carboxylic acids is 1. The molecule has 0 amide bonds. The summed E-state index contributed by atoms with van der Waals surface area (Å²) in [6.07, 6.45) is -2.60. The molecule has 29 heavy (non-hydrogen) atoms. The molecule has 0 spiro atoms. The Bertz CT molecular complexity index is 1090. The van der Waals surface area contributed by atoms with Crippen LogP contribution in [0.5, 0.6) is 0 Å². The van der Waals surface area contributed by atoms with Gasteiger partial charge >= 0.3 is 6.18 Å². The third kappa shape index (κ3) is 4.06. The number of hydrogen-bond acceptors (Lipinski definition) is 4. The molecule has 3 aliphatic heterocycles. The van der Waals surface area contributed by atoms with E-state index < -0.39 is 12.1 Å². The molecule has 5 rings (SSSR count). The van der Waals surface area contributed by atoms with E-state index in [1.807, 2.05) is 0 Å². The molecular formula is C21H19F3N2O3. The second kappa shape index (κ2) is 7.42. The minimum absolute atomic E-state index is 0.984. The number of hydrogen-bond donors (Lipinski definition) is 0. The lowest BCUT2D eigenvalue weighted by Gasteiger charge is -2.33. The zero-order valence-corrected chi connectivity index (χ0v) is 15.5. The van der Waals surface area contributed by atoms with Gasteiger partial charge in [0.25, 0.3) is 0 Å². The van der Waals surface area contributed by atoms with Gasteiger partial charge in [-0.25, -0.2) is 4.58 Å². The molecule has 4 aliphatic rings. The van der Waals surface area contributed by atoms with Gasteiger partial charge in [0.1, 0.15) is 30.4 Å². The molecule has 8 heteroatoms. The van der Waals surface area contributed by atoms with E-state index in [-0.39, 0.29) is 0 Å². The van der Waals surface area contributed by atoms with E-state index in [1.54, 1.807) is 0 Å². The molecule has 152 valence electrons. The first-order valence-electron chi connectivity index (χ1n) is 9.40. The Hall–Kier alpha value is -3.03. The summed E-state index contributed by atoms with van der Waals surface area (Å²) in [7, 11) is 0. The third-order valence-corrected chi connectivity index (χ3v) is 5.20. The SMILES string of the molecule is O=C([O-])C(F)(F)F.c1cc(=[N+]2CCC2)cc2oc3cc(N4CCC4)ccc3cc1-2. The second-order valence-electron chi connectivity index (χ2n) is 7.16. The van der Waals surface area contributed by atoms with Crippen LogP contribution in [0.3, 0.4) is 0 Å². The van der Waals surface area contributed by atoms with Gasteiger partial charge in [-0.2, -0.15) is 13.2 Å². The summed E-state index contributed by atoms with van der Waals surface area (Å²) in [5.74, 6) is -2.02. The smallest absolute Gasteiger partial charge is 0.430 e. The highest BCUT2D eigenvalue weighted by Crippen LogP contribution is 2.30. The Balaban J connectivity index is 0.000000255. The molecule has 0 aromatic heterocycles. The topological polar surface area (TPSA) is 59.5 Å². The van der Waals surface area contributed by atoms with Crippen molar-refractivity contribution >= 4 is 22.6 Å². The van der Waals surface area contributed by atoms with E-state index in [0.29, 0.717) is 0 Å². The predicted molar refractivity (Wildman–Crippen MR) is 100 cm³/mol. The number of fused-ring (bicyclic) bond motifs is 2. The molecule has 0 bridgehead atoms. The van der Waals surface area contributed by atoms with Crippen LogP contribution in [0.15, 0.2) is 46.9 Å². The van der Waals surface area contributed by atoms with Gasteiger partial charge in [0, 0.05) is 41.9 Å². The Morgan fingerprint density at radius 1 is 1.03 bits per heavy atom. The van der Waals surface area contributed by atoms with E-state index in [2.05, 4.69) is 51.9 Å². The van der Waals surface area contributed by atoms with Gasteiger partial charge in [-0.15, -0.1) is 0 Å². The Morgan fingerprint density at radius 3 is 2.31 bits per heavy atom. The number of halogens is 3. The van der Waals surface area contributed by atoms with Crippen molar-refractivity contribution in [2.45, 2.75) is 19.0 Å². The Morgan fingerprint density at radius 2 is 1.76 bits per heavy atom. The van der Waals surface area contributed by atoms with Crippen molar-refractivity contribution in [3.8, 4) is 11.3 Å². The molecule has 1 aromatic rings. The van der Waals surface area contributed by atoms with Crippen molar-refractivity contribution in [3.05, 3.63) is 47.8 Å². The fourth-order valence-electron chi connectivity index (χ4n) is 3.29. The van der Waals surface area contributed by atoms with Gasteiger partial charge in [0.05, 0.1) is 12.5 Å². The van der Waals surface area contributed by atoms with Crippen molar-refractivity contribution in [1.29, 1.82) is 0 Å². The van der Waals surface area contributed by atoms with Crippen LogP contribution in [0.1, 0.15) is 12.8 Å². The van der Waals surface area contributed by atoms with Gasteiger partial charge in [0.2, 0.25) is 5.36 Å². The zero-order chi connectivity index (χ0) is 20.6. The lowest BCUT2D eigenvalue weighted by Crippen LogP contribution is -2.40. The fraction of sp³-hybridized carbons (Fsp3) is 0.333. The van der Waals surface area contributed by atoms with Crippen LogP contribution < -0.4 is 19.9 Å². The first-order valence-corrected chi connectivity index (χ1v) is 9.40. The number of alkyl halides is 3. The molecule has 2 saturated heterocycles. The average molecular weight is 404 g/mol. The molecular weight excluding hydrogens is 385 g/mol. The van der Waals surface area contributed by atoms with Crippen molar-refractivity contribution in [2.24, 2.45) is 0 Å². The van der Waals surface area contributed by atoms with Crippen LogP contribution in [0.4, 0.5) is 18.9 Å². The number of anilines is 1. The standard InChI is InChI=1S/C19H19N2O.C2HF3O2/c1-7-20(8-1)16-5-3-14-11-15-4-6-17(21-9-2-10-21)13-19(15)22-18(14)12-16;3-2(4,5)1(6)7/h3-6,11-13H,1-2,7-10H2;(H,6,7)/q+1;/p-1. The number of rotatable bonds is 1. The van der Waals surface area contributed by atoms with E-state index in [1.165, 1.54) is 34.8 Å². The molecule has 0 atom stereocenters. The van der Waals surface area contributed by atoms with E-state index in [4.69, 9.17) is 14.3 Å². The minimum atomic E-state index is -5.19. The van der Waals surface area contributed by atoms with Crippen LogP contribution in [-0.2, 0) is 4.79 Å². The molecule has 0 radical (unpaired) electrons. The number of benzene rings is 2. The van der Waals surface area contributed by atoms with Crippen LogP contribution in [-0.4, -0.2) is 38.3 Å². The summed E-state index contributed by atoms with van der Waals surface area (Å²) < 4.78 is 40.2. The largest absolute Gasteiger partial charge is 0.542 e.